The molecular formula is C24H29N3O3S. The average molecular weight is 440 g/mol. The van der Waals surface area contributed by atoms with Gasteiger partial charge < -0.3 is 9.88 Å². The molecule has 1 fully saturated rings. The second kappa shape index (κ2) is 8.13. The maximum Gasteiger partial charge on any atom is 0.253 e. The first-order valence-corrected chi connectivity index (χ1v) is 12.0. The van der Waals surface area contributed by atoms with Gasteiger partial charge in [-0.3, -0.25) is 4.79 Å². The van der Waals surface area contributed by atoms with Crippen LogP contribution in [0.15, 0.2) is 47.4 Å². The number of amides is 1. The number of para-hydroxylation sites is 1. The van der Waals surface area contributed by atoms with Crippen molar-refractivity contribution in [3.8, 4) is 0 Å². The Labute approximate surface area is 183 Å². The molecule has 0 saturated carbocycles. The summed E-state index contributed by atoms with van der Waals surface area (Å²) < 4.78 is 26.6. The van der Waals surface area contributed by atoms with Gasteiger partial charge >= 0.3 is 0 Å². The quantitative estimate of drug-likeness (QED) is 0.666. The van der Waals surface area contributed by atoms with Gasteiger partial charge in [0, 0.05) is 49.9 Å². The number of aromatic amines is 1. The molecule has 0 aliphatic carbocycles. The number of nitrogens with zero attached hydrogens (tertiary/aromatic N) is 2. The third kappa shape index (κ3) is 4.00. The molecule has 0 unspecified atom stereocenters. The normalized spacial score (nSPS) is 15.7. The van der Waals surface area contributed by atoms with Gasteiger partial charge in [-0.2, -0.15) is 0 Å². The molecule has 7 heteroatoms. The number of carbonyl (C=O) groups excluding carboxylic acids is 1. The molecule has 1 aliphatic heterocycles. The number of H-pyrrole nitrogens is 1. The Bertz CT molecular complexity index is 1200. The fourth-order valence-electron chi connectivity index (χ4n) is 4.31. The highest BCUT2D eigenvalue weighted by Crippen LogP contribution is 2.31. The van der Waals surface area contributed by atoms with E-state index in [0.717, 1.165) is 23.9 Å². The molecule has 1 N–H and O–H groups in total. The molecule has 0 bridgehead atoms. The van der Waals surface area contributed by atoms with Crippen LogP contribution in [0, 0.1) is 13.8 Å². The predicted molar refractivity (Wildman–Crippen MR) is 123 cm³/mol. The zero-order chi connectivity index (χ0) is 22.3. The van der Waals surface area contributed by atoms with Crippen molar-refractivity contribution in [1.29, 1.82) is 0 Å². The molecular weight excluding hydrogens is 410 g/mol. The molecule has 0 radical (unpaired) electrons. The Hall–Kier alpha value is -2.64. The van der Waals surface area contributed by atoms with E-state index >= 15 is 0 Å². The topological polar surface area (TPSA) is 73.5 Å². The molecule has 1 aromatic heterocycles. The maximum atomic E-state index is 13.2. The lowest BCUT2D eigenvalue weighted by atomic mass is 9.93. The van der Waals surface area contributed by atoms with Crippen LogP contribution in [0.2, 0.25) is 0 Å². The largest absolute Gasteiger partial charge is 0.358 e. The lowest BCUT2D eigenvalue weighted by Crippen LogP contribution is -2.38. The van der Waals surface area contributed by atoms with Crippen LogP contribution in [0.5, 0.6) is 0 Å². The molecule has 1 amide bonds. The molecule has 3 aromatic rings. The van der Waals surface area contributed by atoms with E-state index in [1.165, 1.54) is 35.5 Å². The van der Waals surface area contributed by atoms with Crippen LogP contribution in [-0.2, 0) is 10.0 Å². The fourth-order valence-corrected chi connectivity index (χ4v) is 5.52. The van der Waals surface area contributed by atoms with Crippen LogP contribution in [0.25, 0.3) is 10.9 Å². The summed E-state index contributed by atoms with van der Waals surface area (Å²) in [6.07, 6.45) is 1.76. The van der Waals surface area contributed by atoms with Crippen LogP contribution in [0.4, 0.5) is 0 Å². The monoisotopic (exact) mass is 439 g/mol. The molecule has 164 valence electrons. The Balaban J connectivity index is 1.53. The minimum absolute atomic E-state index is 0.103. The average Bonchev–Trinajstić information content (AvgIpc) is 3.19. The van der Waals surface area contributed by atoms with E-state index in [1.807, 2.05) is 24.0 Å². The summed E-state index contributed by atoms with van der Waals surface area (Å²) in [5.41, 5.74) is 4.29. The van der Waals surface area contributed by atoms with E-state index in [2.05, 4.69) is 23.2 Å². The second-order valence-electron chi connectivity index (χ2n) is 8.58. The Morgan fingerprint density at radius 3 is 2.39 bits per heavy atom. The third-order valence-corrected chi connectivity index (χ3v) is 8.34. The third-order valence-electron chi connectivity index (χ3n) is 6.40. The molecule has 2 aromatic carbocycles. The Morgan fingerprint density at radius 1 is 1.06 bits per heavy atom. The number of rotatable bonds is 4. The number of nitrogens with one attached hydrogen (secondary N) is 1. The first-order chi connectivity index (χ1) is 14.7. The van der Waals surface area contributed by atoms with E-state index in [9.17, 15) is 13.2 Å². The van der Waals surface area contributed by atoms with Gasteiger partial charge in [0.2, 0.25) is 10.0 Å². The van der Waals surface area contributed by atoms with Crippen LogP contribution < -0.4 is 0 Å². The number of aryl methyl sites for hydroxylation is 1. The molecule has 0 spiro atoms. The number of benzene rings is 2. The summed E-state index contributed by atoms with van der Waals surface area (Å²) in [7, 11) is -0.601. The van der Waals surface area contributed by atoms with Crippen molar-refractivity contribution >= 4 is 26.8 Å². The Kier molecular flexibility index (Phi) is 5.66. The first kappa shape index (κ1) is 21.6. The predicted octanol–water partition coefficient (Wildman–Crippen LogP) is 4.05. The minimum Gasteiger partial charge on any atom is -0.358 e. The molecule has 2 heterocycles. The molecule has 6 nitrogen and oxygen atoms in total. The molecule has 4 rings (SSSR count). The van der Waals surface area contributed by atoms with Crippen LogP contribution in [-0.4, -0.2) is 55.7 Å². The zero-order valence-electron chi connectivity index (χ0n) is 18.5. The number of sulfonamides is 1. The summed E-state index contributed by atoms with van der Waals surface area (Å²) in [6, 6.07) is 13.8. The van der Waals surface area contributed by atoms with Crippen LogP contribution >= 0.6 is 0 Å². The van der Waals surface area contributed by atoms with Crippen molar-refractivity contribution in [2.75, 3.05) is 27.2 Å². The number of hydrogen-bond acceptors (Lipinski definition) is 3. The van der Waals surface area contributed by atoms with Gasteiger partial charge in [0.25, 0.3) is 5.91 Å². The van der Waals surface area contributed by atoms with E-state index < -0.39 is 10.0 Å². The number of likely N-dealkylation sites (tertiary alicyclic amines) is 1. The van der Waals surface area contributed by atoms with Crippen molar-refractivity contribution in [3.05, 3.63) is 64.8 Å². The summed E-state index contributed by atoms with van der Waals surface area (Å²) in [5.74, 6) is 0.286. The highest BCUT2D eigenvalue weighted by molar-refractivity contribution is 7.89. The van der Waals surface area contributed by atoms with Crippen LogP contribution in [0.1, 0.15) is 45.9 Å². The van der Waals surface area contributed by atoms with Crippen molar-refractivity contribution in [1.82, 2.24) is 14.2 Å². The van der Waals surface area contributed by atoms with Crippen molar-refractivity contribution in [2.24, 2.45) is 0 Å². The van der Waals surface area contributed by atoms with Crippen molar-refractivity contribution < 1.29 is 13.2 Å². The van der Waals surface area contributed by atoms with Gasteiger partial charge in [-0.05, 0) is 67.5 Å². The highest BCUT2D eigenvalue weighted by Gasteiger charge is 2.28. The number of hydrogen-bond donors (Lipinski definition) is 1. The van der Waals surface area contributed by atoms with Crippen molar-refractivity contribution in [3.63, 3.8) is 0 Å². The summed E-state index contributed by atoms with van der Waals surface area (Å²) >= 11 is 0. The van der Waals surface area contributed by atoms with Gasteiger partial charge in [-0.1, -0.05) is 18.2 Å². The molecule has 0 atom stereocenters. The van der Waals surface area contributed by atoms with Gasteiger partial charge in [-0.15, -0.1) is 0 Å². The van der Waals surface area contributed by atoms with Crippen LogP contribution in [0.3, 0.4) is 0 Å². The van der Waals surface area contributed by atoms with Gasteiger partial charge in [-0.25, -0.2) is 12.7 Å². The number of aromatic nitrogens is 1. The number of piperidine rings is 1. The maximum absolute atomic E-state index is 13.2. The fraction of sp³-hybridized carbons (Fsp3) is 0.375. The SMILES string of the molecule is Cc1cc(C(=O)N2CCC(c3cc4ccccc4[nH]3)CC2)cc(S(=O)(=O)N(C)C)c1C. The van der Waals surface area contributed by atoms with Gasteiger partial charge in [0.05, 0.1) is 4.90 Å². The van der Waals surface area contributed by atoms with E-state index in [4.69, 9.17) is 0 Å². The standard InChI is InChI=1S/C24H29N3O3S/c1-16-13-20(15-23(17(16)2)31(29,30)26(3)4)24(28)27-11-9-18(10-12-27)22-14-19-7-5-6-8-21(19)25-22/h5-8,13-15,18,25H,9-12H2,1-4H3. The molecule has 1 saturated heterocycles. The highest BCUT2D eigenvalue weighted by atomic mass is 32.2. The Morgan fingerprint density at radius 2 is 1.74 bits per heavy atom. The van der Waals surface area contributed by atoms with Gasteiger partial charge in [0.15, 0.2) is 0 Å². The van der Waals surface area contributed by atoms with E-state index in [1.54, 1.807) is 13.0 Å². The number of carbonyl (C=O) groups is 1. The summed E-state index contributed by atoms with van der Waals surface area (Å²) in [4.78, 5) is 18.8. The molecule has 1 aliphatic rings. The lowest BCUT2D eigenvalue weighted by Gasteiger charge is -2.32. The lowest BCUT2D eigenvalue weighted by molar-refractivity contribution is 0.0712. The minimum atomic E-state index is -3.62. The first-order valence-electron chi connectivity index (χ1n) is 10.6. The van der Waals surface area contributed by atoms with Gasteiger partial charge in [0.1, 0.15) is 0 Å². The number of fused-ring (bicyclic) bond motifs is 1. The van der Waals surface area contributed by atoms with E-state index in [0.29, 0.717) is 30.1 Å². The zero-order valence-corrected chi connectivity index (χ0v) is 19.3. The second-order valence-corrected chi connectivity index (χ2v) is 10.7. The van der Waals surface area contributed by atoms with Crippen molar-refractivity contribution in [2.45, 2.75) is 37.5 Å². The van der Waals surface area contributed by atoms with E-state index in [-0.39, 0.29) is 10.8 Å². The molecule has 31 heavy (non-hydrogen) atoms. The summed E-state index contributed by atoms with van der Waals surface area (Å²) in [5, 5.41) is 1.21. The summed E-state index contributed by atoms with van der Waals surface area (Å²) in [6.45, 7) is 4.94. The smallest absolute Gasteiger partial charge is 0.253 e.